The lowest BCUT2D eigenvalue weighted by Gasteiger charge is -2.32. The van der Waals surface area contributed by atoms with Crippen molar-refractivity contribution in [2.45, 2.75) is 19.8 Å². The van der Waals surface area contributed by atoms with Crippen LogP contribution in [-0.2, 0) is 11.2 Å². The normalized spacial score (nSPS) is 24.4. The first kappa shape index (κ1) is 11.2. The Bertz CT molecular complexity index is 442. The van der Waals surface area contributed by atoms with Gasteiger partial charge in [-0.15, -0.1) is 0 Å². The first-order valence-corrected chi connectivity index (χ1v) is 5.15. The Morgan fingerprint density at radius 1 is 1.19 bits per heavy atom. The molecule has 1 aromatic rings. The van der Waals surface area contributed by atoms with Gasteiger partial charge in [-0.2, -0.15) is 0 Å². The van der Waals surface area contributed by atoms with Gasteiger partial charge in [0.1, 0.15) is 11.6 Å². The van der Waals surface area contributed by atoms with Gasteiger partial charge in [-0.25, -0.2) is 13.2 Å². The van der Waals surface area contributed by atoms with Crippen LogP contribution >= 0.6 is 0 Å². The molecule has 1 fully saturated rings. The van der Waals surface area contributed by atoms with E-state index in [2.05, 4.69) is 0 Å². The Balaban J connectivity index is 2.16. The molecule has 1 nitrogen and oxygen atoms in total. The number of Topliss-reactive ketones (excluding diaryl/α,β-unsaturated/α-hetero) is 1. The van der Waals surface area contributed by atoms with Crippen molar-refractivity contribution >= 4 is 5.78 Å². The lowest BCUT2D eigenvalue weighted by molar-refractivity contribution is -0.133. The third kappa shape index (κ3) is 1.84. The fraction of sp³-hybridized carbons (Fsp3) is 0.417. The van der Waals surface area contributed by atoms with Crippen LogP contribution < -0.4 is 0 Å². The van der Waals surface area contributed by atoms with Crippen molar-refractivity contribution in [3.05, 3.63) is 35.1 Å². The lowest BCUT2D eigenvalue weighted by Crippen LogP contribution is -2.36. The molecule has 0 radical (unpaired) electrons. The van der Waals surface area contributed by atoms with Crippen LogP contribution in [-0.4, -0.2) is 5.78 Å². The molecule has 1 saturated carbocycles. The maximum absolute atomic E-state index is 13.3. The zero-order valence-electron chi connectivity index (χ0n) is 8.77. The van der Waals surface area contributed by atoms with Crippen molar-refractivity contribution in [2.75, 3.05) is 0 Å². The second kappa shape index (κ2) is 3.92. The van der Waals surface area contributed by atoms with Gasteiger partial charge in [-0.05, 0) is 24.0 Å². The van der Waals surface area contributed by atoms with Gasteiger partial charge in [0.15, 0.2) is 11.6 Å². The van der Waals surface area contributed by atoms with Crippen LogP contribution in [0, 0.1) is 29.3 Å². The number of hydrogen-bond donors (Lipinski definition) is 0. The SMILES string of the molecule is CC1C(=O)C[C@H]1Cc1cc(F)c(F)cc1F. The van der Waals surface area contributed by atoms with E-state index in [1.54, 1.807) is 6.92 Å². The second-order valence-electron chi connectivity index (χ2n) is 4.28. The third-order valence-electron chi connectivity index (χ3n) is 3.25. The molecule has 0 saturated heterocycles. The Hall–Kier alpha value is -1.32. The van der Waals surface area contributed by atoms with E-state index in [0.29, 0.717) is 12.5 Å². The van der Waals surface area contributed by atoms with Crippen molar-refractivity contribution in [1.82, 2.24) is 0 Å². The van der Waals surface area contributed by atoms with E-state index in [9.17, 15) is 18.0 Å². The Kier molecular flexibility index (Phi) is 2.74. The molecule has 1 aliphatic rings. The van der Waals surface area contributed by atoms with E-state index in [-0.39, 0.29) is 29.6 Å². The average molecular weight is 228 g/mol. The van der Waals surface area contributed by atoms with E-state index >= 15 is 0 Å². The number of rotatable bonds is 2. The minimum atomic E-state index is -1.18. The fourth-order valence-electron chi connectivity index (χ4n) is 1.98. The number of carbonyl (C=O) groups is 1. The molecule has 2 atom stereocenters. The van der Waals surface area contributed by atoms with Gasteiger partial charge < -0.3 is 0 Å². The lowest BCUT2D eigenvalue weighted by atomic mass is 9.71. The van der Waals surface area contributed by atoms with Gasteiger partial charge in [0, 0.05) is 18.4 Å². The molecule has 0 heterocycles. The molecule has 0 N–H and O–H groups in total. The summed E-state index contributed by atoms with van der Waals surface area (Å²) in [4.78, 5) is 11.0. The van der Waals surface area contributed by atoms with E-state index in [0.717, 1.165) is 6.07 Å². The Morgan fingerprint density at radius 2 is 1.81 bits per heavy atom. The molecule has 86 valence electrons. The van der Waals surface area contributed by atoms with Crippen molar-refractivity contribution in [3.8, 4) is 0 Å². The number of carbonyl (C=O) groups excluding carboxylic acids is 1. The van der Waals surface area contributed by atoms with Gasteiger partial charge in [0.2, 0.25) is 0 Å². The molecule has 1 aliphatic carbocycles. The molecule has 0 aromatic heterocycles. The van der Waals surface area contributed by atoms with E-state index in [4.69, 9.17) is 0 Å². The summed E-state index contributed by atoms with van der Waals surface area (Å²) in [5.74, 6) is -2.88. The minimum Gasteiger partial charge on any atom is -0.299 e. The Labute approximate surface area is 91.3 Å². The first-order chi connectivity index (χ1) is 7.49. The van der Waals surface area contributed by atoms with Crippen molar-refractivity contribution in [1.29, 1.82) is 0 Å². The Morgan fingerprint density at radius 3 is 2.38 bits per heavy atom. The largest absolute Gasteiger partial charge is 0.299 e. The molecule has 0 amide bonds. The summed E-state index contributed by atoms with van der Waals surface area (Å²) >= 11 is 0. The molecular formula is C12H11F3O. The molecule has 0 aliphatic heterocycles. The zero-order chi connectivity index (χ0) is 11.9. The molecule has 1 unspecified atom stereocenters. The summed E-state index contributed by atoms with van der Waals surface area (Å²) < 4.78 is 38.8. The van der Waals surface area contributed by atoms with Gasteiger partial charge in [-0.3, -0.25) is 4.79 Å². The van der Waals surface area contributed by atoms with Crippen molar-refractivity contribution in [3.63, 3.8) is 0 Å². The number of hydrogen-bond acceptors (Lipinski definition) is 1. The van der Waals surface area contributed by atoms with E-state index < -0.39 is 17.5 Å². The zero-order valence-corrected chi connectivity index (χ0v) is 8.77. The van der Waals surface area contributed by atoms with Crippen LogP contribution in [0.1, 0.15) is 18.9 Å². The smallest absolute Gasteiger partial charge is 0.161 e. The topological polar surface area (TPSA) is 17.1 Å². The van der Waals surface area contributed by atoms with Crippen molar-refractivity contribution in [2.24, 2.45) is 11.8 Å². The summed E-state index contributed by atoms with van der Waals surface area (Å²) in [6.07, 6.45) is 0.690. The summed E-state index contributed by atoms with van der Waals surface area (Å²) in [7, 11) is 0. The number of halogens is 3. The summed E-state index contributed by atoms with van der Waals surface area (Å²) in [6, 6.07) is 1.43. The van der Waals surface area contributed by atoms with E-state index in [1.165, 1.54) is 0 Å². The van der Waals surface area contributed by atoms with Crippen LogP contribution in [0.3, 0.4) is 0 Å². The van der Waals surface area contributed by atoms with Crippen LogP contribution in [0.2, 0.25) is 0 Å². The highest BCUT2D eigenvalue weighted by molar-refractivity contribution is 5.87. The highest BCUT2D eigenvalue weighted by Gasteiger charge is 2.36. The van der Waals surface area contributed by atoms with Crippen LogP contribution in [0.25, 0.3) is 0 Å². The predicted molar refractivity (Wildman–Crippen MR) is 52.3 cm³/mol. The maximum atomic E-state index is 13.3. The second-order valence-corrected chi connectivity index (χ2v) is 4.28. The molecular weight excluding hydrogens is 217 g/mol. The van der Waals surface area contributed by atoms with Crippen LogP contribution in [0.5, 0.6) is 0 Å². The minimum absolute atomic E-state index is 0.0480. The molecule has 0 spiro atoms. The maximum Gasteiger partial charge on any atom is 0.161 e. The van der Waals surface area contributed by atoms with Gasteiger partial charge >= 0.3 is 0 Å². The summed E-state index contributed by atoms with van der Waals surface area (Å²) in [6.45, 7) is 1.77. The molecule has 16 heavy (non-hydrogen) atoms. The van der Waals surface area contributed by atoms with Crippen molar-refractivity contribution < 1.29 is 18.0 Å². The number of benzene rings is 1. The van der Waals surface area contributed by atoms with E-state index in [1.807, 2.05) is 0 Å². The van der Waals surface area contributed by atoms with Gasteiger partial charge in [0.05, 0.1) is 0 Å². The fourth-order valence-corrected chi connectivity index (χ4v) is 1.98. The molecule has 2 rings (SSSR count). The number of ketones is 1. The molecule has 1 aromatic carbocycles. The van der Waals surface area contributed by atoms with Gasteiger partial charge in [-0.1, -0.05) is 6.92 Å². The average Bonchev–Trinajstić information content (AvgIpc) is 2.24. The quantitative estimate of drug-likeness (QED) is 0.711. The van der Waals surface area contributed by atoms with Gasteiger partial charge in [0.25, 0.3) is 0 Å². The highest BCUT2D eigenvalue weighted by atomic mass is 19.2. The van der Waals surface area contributed by atoms with Crippen LogP contribution in [0.4, 0.5) is 13.2 Å². The summed E-state index contributed by atoms with van der Waals surface area (Å²) in [5.41, 5.74) is 0.142. The standard InChI is InChI=1S/C12H11F3O/c1-6-7(4-12(6)16)2-8-3-10(14)11(15)5-9(8)13/h3,5-7H,2,4H2,1H3/t6?,7-/m1/s1. The molecule has 0 bridgehead atoms. The predicted octanol–water partition coefficient (Wildman–Crippen LogP) is 2.87. The van der Waals surface area contributed by atoms with Crippen LogP contribution in [0.15, 0.2) is 12.1 Å². The summed E-state index contributed by atoms with van der Waals surface area (Å²) in [5, 5.41) is 0. The third-order valence-corrected chi connectivity index (χ3v) is 3.25. The first-order valence-electron chi connectivity index (χ1n) is 5.15. The molecule has 4 heteroatoms. The highest BCUT2D eigenvalue weighted by Crippen LogP contribution is 2.33. The monoisotopic (exact) mass is 228 g/mol.